The molecule has 5 nitrogen and oxygen atoms in total. The van der Waals surface area contributed by atoms with E-state index < -0.39 is 10.0 Å². The summed E-state index contributed by atoms with van der Waals surface area (Å²) in [5.41, 5.74) is 5.68. The van der Waals surface area contributed by atoms with Crippen molar-refractivity contribution in [2.45, 2.75) is 44.8 Å². The smallest absolute Gasteiger partial charge is 0.214 e. The molecule has 1 fully saturated rings. The molecule has 3 unspecified atom stereocenters. The molecule has 0 aromatic rings. The topological polar surface area (TPSA) is 81.4 Å². The quantitative estimate of drug-likeness (QED) is 0.730. The van der Waals surface area contributed by atoms with Gasteiger partial charge in [0.25, 0.3) is 0 Å². The van der Waals surface area contributed by atoms with Crippen LogP contribution in [0.4, 0.5) is 0 Å². The van der Waals surface area contributed by atoms with Crippen LogP contribution in [0.3, 0.4) is 0 Å². The Balaban J connectivity index is 2.56. The van der Waals surface area contributed by atoms with Gasteiger partial charge in [0.15, 0.2) is 0 Å². The van der Waals surface area contributed by atoms with Crippen molar-refractivity contribution in [1.29, 1.82) is 0 Å². The average molecular weight is 264 g/mol. The van der Waals surface area contributed by atoms with E-state index in [0.29, 0.717) is 6.54 Å². The fraction of sp³-hybridized carbons (Fsp3) is 1.00. The lowest BCUT2D eigenvalue weighted by atomic mass is 9.85. The fourth-order valence-corrected chi connectivity index (χ4v) is 3.92. The first-order valence-electron chi connectivity index (χ1n) is 6.21. The molecule has 0 saturated heterocycles. The molecule has 17 heavy (non-hydrogen) atoms. The van der Waals surface area contributed by atoms with Crippen LogP contribution in [0.25, 0.3) is 0 Å². The van der Waals surface area contributed by atoms with Gasteiger partial charge in [-0.15, -0.1) is 0 Å². The van der Waals surface area contributed by atoms with Gasteiger partial charge in [-0.25, -0.2) is 13.1 Å². The molecule has 0 aromatic carbocycles. The first-order valence-corrected chi connectivity index (χ1v) is 7.86. The van der Waals surface area contributed by atoms with Crippen molar-refractivity contribution in [1.82, 2.24) is 4.72 Å². The summed E-state index contributed by atoms with van der Waals surface area (Å²) in [6.07, 6.45) is 3.84. The molecule has 1 saturated carbocycles. The molecule has 1 rings (SSSR count). The summed E-state index contributed by atoms with van der Waals surface area (Å²) in [4.78, 5) is 0. The minimum absolute atomic E-state index is 0.00260. The summed E-state index contributed by atoms with van der Waals surface area (Å²) in [6.45, 7) is 2.30. The van der Waals surface area contributed by atoms with Crippen molar-refractivity contribution in [3.63, 3.8) is 0 Å². The van der Waals surface area contributed by atoms with Gasteiger partial charge in [0.05, 0.1) is 11.9 Å². The van der Waals surface area contributed by atoms with E-state index in [1.54, 1.807) is 6.92 Å². The van der Waals surface area contributed by atoms with E-state index in [1.165, 1.54) is 7.11 Å². The van der Waals surface area contributed by atoms with Crippen LogP contribution in [-0.2, 0) is 14.8 Å². The monoisotopic (exact) mass is 264 g/mol. The number of nitrogens with two attached hydrogens (primary N) is 1. The van der Waals surface area contributed by atoms with E-state index >= 15 is 0 Å². The first-order chi connectivity index (χ1) is 7.98. The third-order valence-corrected chi connectivity index (χ3v) is 4.97. The lowest BCUT2D eigenvalue weighted by molar-refractivity contribution is 0.135. The summed E-state index contributed by atoms with van der Waals surface area (Å²) in [7, 11) is -1.75. The van der Waals surface area contributed by atoms with Gasteiger partial charge in [0.1, 0.15) is 0 Å². The molecule has 0 spiro atoms. The number of ether oxygens (including phenoxy) is 1. The zero-order valence-corrected chi connectivity index (χ0v) is 11.5. The normalized spacial score (nSPS) is 27.9. The second kappa shape index (κ2) is 6.68. The average Bonchev–Trinajstić information content (AvgIpc) is 2.28. The van der Waals surface area contributed by atoms with Gasteiger partial charge in [0, 0.05) is 13.2 Å². The van der Waals surface area contributed by atoms with Gasteiger partial charge in [-0.1, -0.05) is 12.8 Å². The summed E-state index contributed by atoms with van der Waals surface area (Å²) >= 11 is 0. The van der Waals surface area contributed by atoms with Gasteiger partial charge < -0.3 is 10.5 Å². The van der Waals surface area contributed by atoms with Crippen molar-refractivity contribution >= 4 is 10.0 Å². The van der Waals surface area contributed by atoms with Crippen molar-refractivity contribution in [3.05, 3.63) is 0 Å². The Kier molecular flexibility index (Phi) is 5.85. The van der Waals surface area contributed by atoms with E-state index in [2.05, 4.69) is 4.72 Å². The molecular weight excluding hydrogens is 240 g/mol. The number of nitrogens with one attached hydrogen (secondary N) is 1. The highest BCUT2D eigenvalue weighted by molar-refractivity contribution is 7.89. The number of methoxy groups -OCH3 is 1. The van der Waals surface area contributed by atoms with Crippen LogP contribution in [0.5, 0.6) is 0 Å². The van der Waals surface area contributed by atoms with E-state index in [4.69, 9.17) is 10.5 Å². The summed E-state index contributed by atoms with van der Waals surface area (Å²) in [5.74, 6) is 0.286. The molecule has 0 bridgehead atoms. The highest BCUT2D eigenvalue weighted by Gasteiger charge is 2.28. The van der Waals surface area contributed by atoms with Gasteiger partial charge in [-0.05, 0) is 32.2 Å². The van der Waals surface area contributed by atoms with E-state index in [9.17, 15) is 8.42 Å². The molecule has 6 heteroatoms. The van der Waals surface area contributed by atoms with E-state index in [0.717, 1.165) is 25.7 Å². The number of rotatable bonds is 6. The molecule has 0 radical (unpaired) electrons. The van der Waals surface area contributed by atoms with Crippen LogP contribution in [-0.4, -0.2) is 40.0 Å². The number of sulfonamides is 1. The van der Waals surface area contributed by atoms with Crippen LogP contribution in [0.1, 0.15) is 32.6 Å². The lowest BCUT2D eigenvalue weighted by Crippen LogP contribution is -2.46. The van der Waals surface area contributed by atoms with E-state index in [-0.39, 0.29) is 23.8 Å². The molecule has 0 heterocycles. The second-order valence-corrected chi connectivity index (χ2v) is 6.63. The van der Waals surface area contributed by atoms with Gasteiger partial charge in [-0.3, -0.25) is 0 Å². The van der Waals surface area contributed by atoms with E-state index in [1.807, 2.05) is 0 Å². The molecule has 0 aliphatic heterocycles. The highest BCUT2D eigenvalue weighted by atomic mass is 32.2. The Labute approximate surface area is 104 Å². The molecule has 3 N–H and O–H groups in total. The SMILES string of the molecule is COC(C)CS(=O)(=O)NC1CCCCC1CN. The van der Waals surface area contributed by atoms with Crippen LogP contribution >= 0.6 is 0 Å². The summed E-state index contributed by atoms with van der Waals surface area (Å²) < 4.78 is 31.6. The van der Waals surface area contributed by atoms with Crippen molar-refractivity contribution in [2.24, 2.45) is 11.7 Å². The van der Waals surface area contributed by atoms with Gasteiger partial charge in [0.2, 0.25) is 10.0 Å². The molecule has 0 aromatic heterocycles. The Morgan fingerprint density at radius 3 is 2.65 bits per heavy atom. The minimum Gasteiger partial charge on any atom is -0.381 e. The Morgan fingerprint density at radius 2 is 2.06 bits per heavy atom. The molecule has 1 aliphatic carbocycles. The molecule has 1 aliphatic rings. The maximum Gasteiger partial charge on any atom is 0.214 e. The standard InChI is InChI=1S/C11H24N2O3S/c1-9(16-2)8-17(14,15)13-11-6-4-3-5-10(11)7-12/h9-11,13H,3-8,12H2,1-2H3. The Morgan fingerprint density at radius 1 is 1.41 bits per heavy atom. The second-order valence-electron chi connectivity index (χ2n) is 4.83. The zero-order chi connectivity index (χ0) is 12.9. The Bertz CT molecular complexity index is 319. The van der Waals surface area contributed by atoms with Crippen molar-refractivity contribution in [3.8, 4) is 0 Å². The van der Waals surface area contributed by atoms with Crippen LogP contribution < -0.4 is 10.5 Å². The van der Waals surface area contributed by atoms with Crippen molar-refractivity contribution < 1.29 is 13.2 Å². The van der Waals surface area contributed by atoms with Crippen LogP contribution in [0.15, 0.2) is 0 Å². The third-order valence-electron chi connectivity index (χ3n) is 3.40. The summed E-state index contributed by atoms with van der Waals surface area (Å²) in [6, 6.07) is 0.00260. The lowest BCUT2D eigenvalue weighted by Gasteiger charge is -2.31. The number of hydrogen-bond acceptors (Lipinski definition) is 4. The third kappa shape index (κ3) is 4.91. The zero-order valence-electron chi connectivity index (χ0n) is 10.7. The molecule has 0 amide bonds. The predicted octanol–water partition coefficient (Wildman–Crippen LogP) is 0.458. The first kappa shape index (κ1) is 14.9. The fourth-order valence-electron chi connectivity index (χ4n) is 2.30. The van der Waals surface area contributed by atoms with Crippen molar-refractivity contribution in [2.75, 3.05) is 19.4 Å². The highest BCUT2D eigenvalue weighted by Crippen LogP contribution is 2.24. The maximum atomic E-state index is 11.9. The van der Waals surface area contributed by atoms with Crippen LogP contribution in [0, 0.1) is 5.92 Å². The Hall–Kier alpha value is -0.170. The molecular formula is C11H24N2O3S. The molecule has 102 valence electrons. The largest absolute Gasteiger partial charge is 0.381 e. The predicted molar refractivity (Wildman–Crippen MR) is 68.2 cm³/mol. The van der Waals surface area contributed by atoms with Gasteiger partial charge in [-0.2, -0.15) is 0 Å². The number of hydrogen-bond donors (Lipinski definition) is 2. The van der Waals surface area contributed by atoms with Gasteiger partial charge >= 0.3 is 0 Å². The summed E-state index contributed by atoms with van der Waals surface area (Å²) in [5, 5.41) is 0. The maximum absolute atomic E-state index is 11.9. The molecule has 3 atom stereocenters. The van der Waals surface area contributed by atoms with Crippen LogP contribution in [0.2, 0.25) is 0 Å². The minimum atomic E-state index is -3.27.